The fraction of sp³-hybridized carbons (Fsp3) is 0.333. The predicted octanol–water partition coefficient (Wildman–Crippen LogP) is 3.23. The van der Waals surface area contributed by atoms with Crippen molar-refractivity contribution >= 4 is 0 Å². The molecule has 0 aliphatic rings. The summed E-state index contributed by atoms with van der Waals surface area (Å²) in [6.45, 7) is 2.30. The number of aromatic hydroxyl groups is 1. The van der Waals surface area contributed by atoms with Crippen LogP contribution in [-0.4, -0.2) is 22.9 Å². The Balaban J connectivity index is 2.28. The number of rotatable bonds is 7. The molecule has 0 amide bonds. The first kappa shape index (κ1) is 15.5. The first-order valence-corrected chi connectivity index (χ1v) is 7.45. The summed E-state index contributed by atoms with van der Waals surface area (Å²) in [5.74, 6) is 0.271. The minimum atomic E-state index is 0.0586. The van der Waals surface area contributed by atoms with Crippen LogP contribution in [0.15, 0.2) is 54.6 Å². The van der Waals surface area contributed by atoms with Crippen LogP contribution in [0.1, 0.15) is 36.9 Å². The second kappa shape index (κ2) is 7.81. The van der Waals surface area contributed by atoms with E-state index in [1.165, 1.54) is 5.56 Å². The van der Waals surface area contributed by atoms with Crippen molar-refractivity contribution in [3.8, 4) is 5.75 Å². The summed E-state index contributed by atoms with van der Waals surface area (Å²) in [5, 5.41) is 22.3. The highest BCUT2D eigenvalue weighted by atomic mass is 16.3. The lowest BCUT2D eigenvalue weighted by atomic mass is 9.96. The molecule has 21 heavy (non-hydrogen) atoms. The molecule has 3 heteroatoms. The molecule has 0 spiro atoms. The molecule has 2 rings (SSSR count). The lowest BCUT2D eigenvalue weighted by Gasteiger charge is -2.25. The third-order valence-electron chi connectivity index (χ3n) is 3.73. The number of aliphatic hydroxyl groups excluding tert-OH is 1. The van der Waals surface area contributed by atoms with Gasteiger partial charge < -0.3 is 15.5 Å². The van der Waals surface area contributed by atoms with Gasteiger partial charge in [-0.05, 0) is 36.1 Å². The van der Waals surface area contributed by atoms with Crippen molar-refractivity contribution in [3.63, 3.8) is 0 Å². The molecule has 0 aliphatic carbocycles. The molecule has 3 nitrogen and oxygen atoms in total. The fourth-order valence-electron chi connectivity index (χ4n) is 2.49. The van der Waals surface area contributed by atoms with Crippen LogP contribution in [0.2, 0.25) is 0 Å². The summed E-state index contributed by atoms with van der Waals surface area (Å²) in [5.41, 5.74) is 2.29. The Labute approximate surface area is 126 Å². The van der Waals surface area contributed by atoms with Crippen LogP contribution in [0.3, 0.4) is 0 Å². The van der Waals surface area contributed by atoms with Crippen LogP contribution in [0.25, 0.3) is 0 Å². The monoisotopic (exact) mass is 285 g/mol. The first-order chi connectivity index (χ1) is 10.2. The molecule has 0 saturated heterocycles. The Bertz CT molecular complexity index is 525. The molecule has 0 radical (unpaired) electrons. The van der Waals surface area contributed by atoms with Gasteiger partial charge in [-0.3, -0.25) is 0 Å². The lowest BCUT2D eigenvalue weighted by Crippen LogP contribution is -2.33. The Morgan fingerprint density at radius 1 is 0.952 bits per heavy atom. The van der Waals surface area contributed by atoms with Gasteiger partial charge in [0.1, 0.15) is 5.75 Å². The third kappa shape index (κ3) is 4.31. The van der Waals surface area contributed by atoms with Gasteiger partial charge in [-0.2, -0.15) is 0 Å². The zero-order chi connectivity index (χ0) is 15.1. The highest BCUT2D eigenvalue weighted by molar-refractivity contribution is 5.35. The van der Waals surface area contributed by atoms with Gasteiger partial charge in [-0.15, -0.1) is 0 Å². The van der Waals surface area contributed by atoms with Gasteiger partial charge in [0.15, 0.2) is 0 Å². The quantitative estimate of drug-likeness (QED) is 0.732. The maximum absolute atomic E-state index is 9.47. The van der Waals surface area contributed by atoms with Gasteiger partial charge in [0.25, 0.3) is 0 Å². The van der Waals surface area contributed by atoms with E-state index in [-0.39, 0.29) is 24.4 Å². The Kier molecular flexibility index (Phi) is 5.78. The zero-order valence-corrected chi connectivity index (χ0v) is 12.4. The summed E-state index contributed by atoms with van der Waals surface area (Å²) < 4.78 is 0. The van der Waals surface area contributed by atoms with Crippen LogP contribution in [-0.2, 0) is 0 Å². The normalized spacial score (nSPS) is 13.8. The van der Waals surface area contributed by atoms with E-state index in [1.54, 1.807) is 12.1 Å². The highest BCUT2D eigenvalue weighted by Gasteiger charge is 2.17. The summed E-state index contributed by atoms with van der Waals surface area (Å²) in [6.07, 6.45) is 1.69. The first-order valence-electron chi connectivity index (χ1n) is 7.45. The molecule has 112 valence electrons. The molecule has 0 aliphatic heterocycles. The Morgan fingerprint density at radius 3 is 2.14 bits per heavy atom. The van der Waals surface area contributed by atoms with Gasteiger partial charge >= 0.3 is 0 Å². The van der Waals surface area contributed by atoms with E-state index in [0.29, 0.717) is 0 Å². The molecule has 2 unspecified atom stereocenters. The van der Waals surface area contributed by atoms with Gasteiger partial charge in [0, 0.05) is 12.6 Å². The summed E-state index contributed by atoms with van der Waals surface area (Å²) in [6, 6.07) is 17.8. The Morgan fingerprint density at radius 2 is 1.57 bits per heavy atom. The van der Waals surface area contributed by atoms with Crippen LogP contribution in [0, 0.1) is 0 Å². The third-order valence-corrected chi connectivity index (χ3v) is 3.73. The average Bonchev–Trinajstić information content (AvgIpc) is 2.53. The van der Waals surface area contributed by atoms with Crippen molar-refractivity contribution in [2.24, 2.45) is 0 Å². The van der Waals surface area contributed by atoms with Crippen molar-refractivity contribution in [3.05, 3.63) is 65.7 Å². The van der Waals surface area contributed by atoms with Gasteiger partial charge in [-0.25, -0.2) is 0 Å². The van der Waals surface area contributed by atoms with Gasteiger partial charge in [-0.1, -0.05) is 49.4 Å². The molecular weight excluding hydrogens is 262 g/mol. The number of phenolic OH excluding ortho intramolecular Hbond substituents is 1. The van der Waals surface area contributed by atoms with Crippen molar-refractivity contribution in [2.75, 3.05) is 6.61 Å². The average molecular weight is 285 g/mol. The summed E-state index contributed by atoms with van der Waals surface area (Å²) in [4.78, 5) is 0. The highest BCUT2D eigenvalue weighted by Crippen LogP contribution is 2.25. The largest absolute Gasteiger partial charge is 0.508 e. The second-order valence-corrected chi connectivity index (χ2v) is 5.22. The Hall–Kier alpha value is -1.84. The van der Waals surface area contributed by atoms with E-state index in [4.69, 9.17) is 0 Å². The summed E-state index contributed by atoms with van der Waals surface area (Å²) >= 11 is 0. The van der Waals surface area contributed by atoms with Gasteiger partial charge in [0.05, 0.1) is 6.04 Å². The lowest BCUT2D eigenvalue weighted by molar-refractivity contribution is 0.258. The minimum absolute atomic E-state index is 0.0586. The molecule has 0 aromatic heterocycles. The maximum Gasteiger partial charge on any atom is 0.115 e. The minimum Gasteiger partial charge on any atom is -0.508 e. The van der Waals surface area contributed by atoms with Crippen LogP contribution < -0.4 is 5.32 Å². The standard InChI is InChI=1S/C18H23NO2/c1-2-16(12-13-20)19-18(14-6-4-3-5-7-14)15-8-10-17(21)11-9-15/h3-11,16,18-21H,2,12-13H2,1H3. The smallest absolute Gasteiger partial charge is 0.115 e. The fourth-order valence-corrected chi connectivity index (χ4v) is 2.49. The van der Waals surface area contributed by atoms with E-state index < -0.39 is 0 Å². The van der Waals surface area contributed by atoms with E-state index in [9.17, 15) is 10.2 Å². The van der Waals surface area contributed by atoms with Gasteiger partial charge in [0.2, 0.25) is 0 Å². The van der Waals surface area contributed by atoms with Crippen LogP contribution in [0.4, 0.5) is 0 Å². The molecule has 2 atom stereocenters. The molecule has 0 heterocycles. The number of hydrogen-bond donors (Lipinski definition) is 3. The van der Waals surface area contributed by atoms with Crippen LogP contribution >= 0.6 is 0 Å². The molecule has 0 fully saturated rings. The predicted molar refractivity (Wildman–Crippen MR) is 85.3 cm³/mol. The molecular formula is C18H23NO2. The van der Waals surface area contributed by atoms with Crippen LogP contribution in [0.5, 0.6) is 5.75 Å². The topological polar surface area (TPSA) is 52.5 Å². The van der Waals surface area contributed by atoms with Crippen molar-refractivity contribution in [2.45, 2.75) is 31.8 Å². The number of nitrogens with one attached hydrogen (secondary N) is 1. The van der Waals surface area contributed by atoms with E-state index in [1.807, 2.05) is 30.3 Å². The number of phenols is 1. The van der Waals surface area contributed by atoms with Crippen molar-refractivity contribution in [1.82, 2.24) is 5.32 Å². The summed E-state index contributed by atoms with van der Waals surface area (Å²) in [7, 11) is 0. The van der Waals surface area contributed by atoms with Crippen molar-refractivity contribution in [1.29, 1.82) is 0 Å². The molecule has 0 saturated carbocycles. The molecule has 3 N–H and O–H groups in total. The van der Waals surface area contributed by atoms with E-state index in [0.717, 1.165) is 18.4 Å². The second-order valence-electron chi connectivity index (χ2n) is 5.22. The van der Waals surface area contributed by atoms with E-state index >= 15 is 0 Å². The molecule has 0 bridgehead atoms. The maximum atomic E-state index is 9.47. The number of aliphatic hydroxyl groups is 1. The SMILES string of the molecule is CCC(CCO)NC(c1ccccc1)c1ccc(O)cc1. The van der Waals surface area contributed by atoms with Crippen molar-refractivity contribution < 1.29 is 10.2 Å². The zero-order valence-electron chi connectivity index (χ0n) is 12.4. The molecule has 2 aromatic carbocycles. The number of hydrogen-bond acceptors (Lipinski definition) is 3. The molecule has 2 aromatic rings. The van der Waals surface area contributed by atoms with E-state index in [2.05, 4.69) is 24.4 Å². The number of benzene rings is 2.